The van der Waals surface area contributed by atoms with Crippen molar-refractivity contribution in [3.8, 4) is 0 Å². The summed E-state index contributed by atoms with van der Waals surface area (Å²) in [4.78, 5) is 21.8. The molecule has 0 radical (unpaired) electrons. The summed E-state index contributed by atoms with van der Waals surface area (Å²) < 4.78 is 0. The van der Waals surface area contributed by atoms with E-state index in [1.54, 1.807) is 24.3 Å². The molecule has 2 nitrogen and oxygen atoms in total. The number of rotatable bonds is 3. The van der Waals surface area contributed by atoms with Crippen molar-refractivity contribution in [2.75, 3.05) is 0 Å². The summed E-state index contributed by atoms with van der Waals surface area (Å²) in [6.45, 7) is 0. The highest BCUT2D eigenvalue weighted by Crippen LogP contribution is 2.16. The summed E-state index contributed by atoms with van der Waals surface area (Å²) in [6.07, 6.45) is 1.16. The first-order chi connectivity index (χ1) is 6.61. The van der Waals surface area contributed by atoms with Crippen molar-refractivity contribution in [2.24, 2.45) is 0 Å². The molecule has 0 aliphatic rings. The predicted molar refractivity (Wildman–Crippen MR) is 62.4 cm³/mol. The fourth-order valence-electron chi connectivity index (χ4n) is 1.01. The van der Waals surface area contributed by atoms with E-state index in [2.05, 4.69) is 25.3 Å². The van der Waals surface area contributed by atoms with Crippen molar-refractivity contribution in [3.63, 3.8) is 0 Å². The molecule has 0 unspecified atom stereocenters. The van der Waals surface area contributed by atoms with E-state index in [9.17, 15) is 9.59 Å². The van der Waals surface area contributed by atoms with Crippen molar-refractivity contribution in [2.45, 2.75) is 0 Å². The van der Waals surface area contributed by atoms with Crippen molar-refractivity contribution in [1.29, 1.82) is 0 Å². The fraction of sp³-hybridized carbons (Fsp3) is 0. The van der Waals surface area contributed by atoms with Gasteiger partial charge in [0.05, 0.1) is 0 Å². The van der Waals surface area contributed by atoms with Crippen LogP contribution in [0.1, 0.15) is 5.56 Å². The molecule has 0 aliphatic heterocycles. The molecule has 4 heteroatoms. The Kier molecular flexibility index (Phi) is 3.98. The highest BCUT2D eigenvalue weighted by Gasteiger charge is 2.08. The molecule has 1 rings (SSSR count). The van der Waals surface area contributed by atoms with Gasteiger partial charge in [-0.25, -0.2) is 0 Å². The second-order valence-corrected chi connectivity index (χ2v) is 3.41. The summed E-state index contributed by atoms with van der Waals surface area (Å²) in [7, 11) is 0. The van der Waals surface area contributed by atoms with Gasteiger partial charge in [0, 0.05) is 11.6 Å². The first kappa shape index (κ1) is 11.1. The Morgan fingerprint density at radius 2 is 1.64 bits per heavy atom. The molecule has 0 aromatic heterocycles. The van der Waals surface area contributed by atoms with Gasteiger partial charge in [-0.3, -0.25) is 9.59 Å². The third-order valence-corrected chi connectivity index (χ3v) is 1.95. The second kappa shape index (κ2) is 5.02. The predicted octanol–water partition coefficient (Wildman–Crippen LogP) is 1.98. The van der Waals surface area contributed by atoms with Crippen molar-refractivity contribution >= 4 is 41.1 Å². The molecule has 0 saturated heterocycles. The maximum atomic E-state index is 11.1. The molecule has 0 N–H and O–H groups in total. The zero-order chi connectivity index (χ0) is 10.6. The monoisotopic (exact) mass is 224 g/mol. The highest BCUT2D eigenvalue weighted by atomic mass is 32.1. The number of hydrogen-bond acceptors (Lipinski definition) is 2. The van der Waals surface area contributed by atoms with E-state index in [-0.39, 0.29) is 5.57 Å². The van der Waals surface area contributed by atoms with Gasteiger partial charge in [-0.15, -0.1) is 25.3 Å². The minimum atomic E-state index is -0.466. The highest BCUT2D eigenvalue weighted by molar-refractivity contribution is 7.98. The minimum absolute atomic E-state index is 0.258. The van der Waals surface area contributed by atoms with Gasteiger partial charge in [0.2, 0.25) is 10.2 Å². The Hall–Kier alpha value is -1.00. The van der Waals surface area contributed by atoms with Gasteiger partial charge in [-0.05, 0) is 5.56 Å². The molecule has 0 aliphatic carbocycles. The molecule has 0 atom stereocenters. The van der Waals surface area contributed by atoms with Crippen LogP contribution in [0.2, 0.25) is 0 Å². The topological polar surface area (TPSA) is 34.1 Å². The maximum absolute atomic E-state index is 11.1. The van der Waals surface area contributed by atoms with Gasteiger partial charge >= 0.3 is 0 Å². The summed E-state index contributed by atoms with van der Waals surface area (Å²) >= 11 is 7.27. The lowest BCUT2D eigenvalue weighted by molar-refractivity contribution is -0.108. The number of benzene rings is 1. The average molecular weight is 224 g/mol. The van der Waals surface area contributed by atoms with Crippen LogP contribution in [0.25, 0.3) is 5.57 Å². The van der Waals surface area contributed by atoms with Crippen LogP contribution in [-0.2, 0) is 9.59 Å². The summed E-state index contributed by atoms with van der Waals surface area (Å²) in [5, 5.41) is -0.912. The normalized spacial score (nSPS) is 11.1. The molecule has 0 amide bonds. The van der Waals surface area contributed by atoms with Gasteiger partial charge in [0.1, 0.15) is 0 Å². The van der Waals surface area contributed by atoms with Gasteiger partial charge < -0.3 is 0 Å². The van der Waals surface area contributed by atoms with Crippen molar-refractivity contribution in [3.05, 3.63) is 42.0 Å². The fourth-order valence-corrected chi connectivity index (χ4v) is 1.33. The molecular formula is C10H8O2S2. The Balaban J connectivity index is 3.14. The van der Waals surface area contributed by atoms with E-state index < -0.39 is 10.2 Å². The molecule has 0 spiro atoms. The number of hydrogen-bond donors (Lipinski definition) is 2. The van der Waals surface area contributed by atoms with Crippen LogP contribution in [-0.4, -0.2) is 10.2 Å². The van der Waals surface area contributed by atoms with Gasteiger partial charge in [0.25, 0.3) is 0 Å². The summed E-state index contributed by atoms with van der Waals surface area (Å²) in [5.41, 5.74) is 0.920. The second-order valence-electron chi connectivity index (χ2n) is 2.57. The lowest BCUT2D eigenvalue weighted by Gasteiger charge is -2.00. The number of carbonyl (C=O) groups is 2. The molecule has 0 heterocycles. The van der Waals surface area contributed by atoms with Crippen LogP contribution in [0.4, 0.5) is 0 Å². The zero-order valence-electron chi connectivity index (χ0n) is 7.18. The standard InChI is InChI=1S/C10H8O2S2/c11-9(13)6-8(10(12)14)7-4-2-1-3-5-7/h1-6H,(H,11,13)(H,12,14)/b8-6+. The summed E-state index contributed by atoms with van der Waals surface area (Å²) in [5.74, 6) is 0. The Labute approximate surface area is 92.8 Å². The maximum Gasteiger partial charge on any atom is 0.217 e. The lowest BCUT2D eigenvalue weighted by Crippen LogP contribution is -1.95. The third-order valence-electron chi connectivity index (χ3n) is 1.58. The molecule has 14 heavy (non-hydrogen) atoms. The Morgan fingerprint density at radius 1 is 1.07 bits per heavy atom. The largest absolute Gasteiger partial charge is 0.283 e. The molecule has 72 valence electrons. The van der Waals surface area contributed by atoms with Crippen molar-refractivity contribution in [1.82, 2.24) is 0 Å². The van der Waals surface area contributed by atoms with Gasteiger partial charge in [-0.2, -0.15) is 0 Å². The van der Waals surface area contributed by atoms with E-state index in [0.717, 1.165) is 6.08 Å². The van der Waals surface area contributed by atoms with E-state index in [4.69, 9.17) is 0 Å². The summed E-state index contributed by atoms with van der Waals surface area (Å²) in [6, 6.07) is 8.85. The SMILES string of the molecule is O=C(S)/C=C(/C(=O)S)c1ccccc1. The zero-order valence-corrected chi connectivity index (χ0v) is 8.96. The first-order valence-electron chi connectivity index (χ1n) is 3.84. The molecule has 1 aromatic carbocycles. The van der Waals surface area contributed by atoms with Gasteiger partial charge in [0.15, 0.2) is 0 Å². The van der Waals surface area contributed by atoms with Crippen LogP contribution >= 0.6 is 25.3 Å². The Morgan fingerprint density at radius 3 is 2.07 bits per heavy atom. The van der Waals surface area contributed by atoms with Crippen LogP contribution < -0.4 is 0 Å². The van der Waals surface area contributed by atoms with Crippen LogP contribution in [0.5, 0.6) is 0 Å². The van der Waals surface area contributed by atoms with E-state index in [1.165, 1.54) is 0 Å². The van der Waals surface area contributed by atoms with Crippen molar-refractivity contribution < 1.29 is 9.59 Å². The lowest BCUT2D eigenvalue weighted by atomic mass is 10.1. The Bertz CT molecular complexity index is 382. The first-order valence-corrected chi connectivity index (χ1v) is 4.74. The van der Waals surface area contributed by atoms with E-state index >= 15 is 0 Å². The quantitative estimate of drug-likeness (QED) is 0.608. The van der Waals surface area contributed by atoms with Crippen LogP contribution in [0.3, 0.4) is 0 Å². The van der Waals surface area contributed by atoms with Gasteiger partial charge in [-0.1, -0.05) is 30.3 Å². The minimum Gasteiger partial charge on any atom is -0.283 e. The average Bonchev–Trinajstić information content (AvgIpc) is 2.15. The molecule has 0 bridgehead atoms. The van der Waals surface area contributed by atoms with Crippen LogP contribution in [0, 0.1) is 0 Å². The molecule has 1 aromatic rings. The molecular weight excluding hydrogens is 216 g/mol. The molecule has 0 fully saturated rings. The van der Waals surface area contributed by atoms with Crippen LogP contribution in [0.15, 0.2) is 36.4 Å². The smallest absolute Gasteiger partial charge is 0.217 e. The molecule has 0 saturated carbocycles. The van der Waals surface area contributed by atoms with E-state index in [1.807, 2.05) is 6.07 Å². The number of carbonyl (C=O) groups excluding carboxylic acids is 2. The third kappa shape index (κ3) is 3.05. The number of thiol groups is 2. The van der Waals surface area contributed by atoms with E-state index in [0.29, 0.717) is 5.56 Å².